The van der Waals surface area contributed by atoms with Crippen molar-refractivity contribution in [2.24, 2.45) is 5.73 Å². The van der Waals surface area contributed by atoms with Gasteiger partial charge in [-0.3, -0.25) is 9.59 Å². The lowest BCUT2D eigenvalue weighted by atomic mass is 10.1. The van der Waals surface area contributed by atoms with Gasteiger partial charge in [0.05, 0.1) is 6.61 Å². The number of carbonyl (C=O) groups is 2. The number of benzene rings is 1. The van der Waals surface area contributed by atoms with Crippen LogP contribution in [-0.2, 0) is 16.1 Å². The molecule has 2 amide bonds. The average Bonchev–Trinajstić information content (AvgIpc) is 2.45. The standard InChI is InChI=1S/C14H21N3O3.ClH/c1-3-16-13(18)11-6-4-10(5-7-11)8-17-14(19)12(15)9-20-2;/h4-7,12H,3,8-9,15H2,1-2H3,(H,16,18)(H,17,19);1H. The third-order valence-electron chi connectivity index (χ3n) is 2.70. The van der Waals surface area contributed by atoms with Crippen LogP contribution in [0.25, 0.3) is 0 Å². The molecule has 0 fully saturated rings. The van der Waals surface area contributed by atoms with Crippen molar-refractivity contribution in [1.29, 1.82) is 0 Å². The number of hydrogen-bond acceptors (Lipinski definition) is 4. The number of hydrogen-bond donors (Lipinski definition) is 3. The van der Waals surface area contributed by atoms with E-state index in [4.69, 9.17) is 10.5 Å². The summed E-state index contributed by atoms with van der Waals surface area (Å²) < 4.78 is 4.81. The predicted molar refractivity (Wildman–Crippen MR) is 83.4 cm³/mol. The van der Waals surface area contributed by atoms with E-state index in [2.05, 4.69) is 10.6 Å². The molecule has 0 saturated heterocycles. The lowest BCUT2D eigenvalue weighted by Gasteiger charge is -2.11. The summed E-state index contributed by atoms with van der Waals surface area (Å²) in [6.45, 7) is 3.01. The smallest absolute Gasteiger partial charge is 0.251 e. The zero-order valence-corrected chi connectivity index (χ0v) is 13.0. The number of ether oxygens (including phenoxy) is 1. The predicted octanol–water partition coefficient (Wildman–Crippen LogP) is 0.448. The second kappa shape index (κ2) is 10.1. The van der Waals surface area contributed by atoms with Gasteiger partial charge in [-0.05, 0) is 24.6 Å². The summed E-state index contributed by atoms with van der Waals surface area (Å²) in [6.07, 6.45) is 0. The minimum absolute atomic E-state index is 0. The quantitative estimate of drug-likeness (QED) is 0.681. The van der Waals surface area contributed by atoms with Crippen LogP contribution in [-0.4, -0.2) is 38.1 Å². The van der Waals surface area contributed by atoms with E-state index in [1.54, 1.807) is 24.3 Å². The molecular formula is C14H22ClN3O3. The van der Waals surface area contributed by atoms with Gasteiger partial charge in [-0.25, -0.2) is 0 Å². The lowest BCUT2D eigenvalue weighted by Crippen LogP contribution is -2.43. The van der Waals surface area contributed by atoms with Crippen molar-refractivity contribution < 1.29 is 14.3 Å². The summed E-state index contributed by atoms with van der Waals surface area (Å²) in [6, 6.07) is 6.37. The first kappa shape index (κ1) is 19.4. The van der Waals surface area contributed by atoms with Crippen LogP contribution in [0.3, 0.4) is 0 Å². The minimum atomic E-state index is -0.672. The number of nitrogens with one attached hydrogen (secondary N) is 2. The highest BCUT2D eigenvalue weighted by Crippen LogP contribution is 2.04. The third kappa shape index (κ3) is 6.57. The Morgan fingerprint density at radius 3 is 2.38 bits per heavy atom. The second-order valence-electron chi connectivity index (χ2n) is 4.34. The molecule has 0 saturated carbocycles. The van der Waals surface area contributed by atoms with Gasteiger partial charge in [0.1, 0.15) is 6.04 Å². The summed E-state index contributed by atoms with van der Waals surface area (Å²) in [5.41, 5.74) is 7.09. The highest BCUT2D eigenvalue weighted by molar-refractivity contribution is 5.94. The van der Waals surface area contributed by atoms with Crippen LogP contribution in [0.4, 0.5) is 0 Å². The topological polar surface area (TPSA) is 93.5 Å². The van der Waals surface area contributed by atoms with E-state index in [9.17, 15) is 9.59 Å². The monoisotopic (exact) mass is 315 g/mol. The Kier molecular flexibility index (Phi) is 9.36. The average molecular weight is 316 g/mol. The van der Waals surface area contributed by atoms with Gasteiger partial charge in [0.15, 0.2) is 0 Å². The molecule has 1 atom stereocenters. The molecule has 0 bridgehead atoms. The molecule has 21 heavy (non-hydrogen) atoms. The van der Waals surface area contributed by atoms with Crippen LogP contribution < -0.4 is 16.4 Å². The van der Waals surface area contributed by atoms with E-state index in [1.165, 1.54) is 7.11 Å². The Morgan fingerprint density at radius 2 is 1.86 bits per heavy atom. The van der Waals surface area contributed by atoms with E-state index in [0.29, 0.717) is 18.7 Å². The third-order valence-corrected chi connectivity index (χ3v) is 2.70. The van der Waals surface area contributed by atoms with E-state index >= 15 is 0 Å². The molecule has 0 heterocycles. The van der Waals surface area contributed by atoms with Gasteiger partial charge in [0.25, 0.3) is 5.91 Å². The SMILES string of the molecule is CCNC(=O)c1ccc(CNC(=O)C(N)COC)cc1.Cl. The number of nitrogens with two attached hydrogens (primary N) is 1. The first-order valence-electron chi connectivity index (χ1n) is 6.47. The molecule has 7 heteroatoms. The maximum Gasteiger partial charge on any atom is 0.251 e. The molecule has 0 aliphatic heterocycles. The molecular weight excluding hydrogens is 294 g/mol. The van der Waals surface area contributed by atoms with E-state index < -0.39 is 6.04 Å². The number of carbonyl (C=O) groups excluding carboxylic acids is 2. The first-order chi connectivity index (χ1) is 9.58. The fourth-order valence-electron chi connectivity index (χ4n) is 1.61. The Bertz CT molecular complexity index is 451. The van der Waals surface area contributed by atoms with Crippen LogP contribution in [0.15, 0.2) is 24.3 Å². The molecule has 4 N–H and O–H groups in total. The molecule has 118 valence electrons. The molecule has 0 spiro atoms. The van der Waals surface area contributed by atoms with Crippen LogP contribution in [0.2, 0.25) is 0 Å². The maximum atomic E-state index is 11.6. The van der Waals surface area contributed by atoms with E-state index in [1.807, 2.05) is 6.92 Å². The van der Waals surface area contributed by atoms with Gasteiger partial charge in [-0.2, -0.15) is 0 Å². The van der Waals surface area contributed by atoms with Crippen LogP contribution in [0.1, 0.15) is 22.8 Å². The van der Waals surface area contributed by atoms with Gasteiger partial charge in [-0.1, -0.05) is 12.1 Å². The Labute approximate surface area is 130 Å². The molecule has 0 aromatic heterocycles. The van der Waals surface area contributed by atoms with Gasteiger partial charge in [0, 0.05) is 25.8 Å². The molecule has 1 unspecified atom stereocenters. The highest BCUT2D eigenvalue weighted by Gasteiger charge is 2.12. The zero-order chi connectivity index (χ0) is 15.0. The number of rotatable bonds is 7. The van der Waals surface area contributed by atoms with Crippen molar-refractivity contribution in [3.05, 3.63) is 35.4 Å². The minimum Gasteiger partial charge on any atom is -0.383 e. The molecule has 0 radical (unpaired) electrons. The van der Waals surface area contributed by atoms with Gasteiger partial charge >= 0.3 is 0 Å². The summed E-state index contributed by atoms with van der Waals surface area (Å²) in [5, 5.41) is 5.43. The zero-order valence-electron chi connectivity index (χ0n) is 12.2. The summed E-state index contributed by atoms with van der Waals surface area (Å²) in [7, 11) is 1.49. The van der Waals surface area contributed by atoms with Gasteiger partial charge in [-0.15, -0.1) is 12.4 Å². The van der Waals surface area contributed by atoms with Crippen molar-refractivity contribution >= 4 is 24.2 Å². The summed E-state index contributed by atoms with van der Waals surface area (Å²) in [5.74, 6) is -0.371. The van der Waals surface area contributed by atoms with Gasteiger partial charge in [0.2, 0.25) is 5.91 Å². The first-order valence-corrected chi connectivity index (χ1v) is 6.47. The number of methoxy groups -OCH3 is 1. The van der Waals surface area contributed by atoms with Crippen molar-refractivity contribution in [2.45, 2.75) is 19.5 Å². The Hall–Kier alpha value is -1.63. The fraction of sp³-hybridized carbons (Fsp3) is 0.429. The van der Waals surface area contributed by atoms with E-state index in [0.717, 1.165) is 5.56 Å². The Morgan fingerprint density at radius 1 is 1.24 bits per heavy atom. The summed E-state index contributed by atoms with van der Waals surface area (Å²) in [4.78, 5) is 23.2. The fourth-order valence-corrected chi connectivity index (χ4v) is 1.61. The molecule has 1 aromatic rings. The van der Waals surface area contributed by atoms with Crippen molar-refractivity contribution in [3.63, 3.8) is 0 Å². The second-order valence-corrected chi connectivity index (χ2v) is 4.34. The normalized spacial score (nSPS) is 11.2. The largest absolute Gasteiger partial charge is 0.383 e. The number of amides is 2. The molecule has 1 aromatic carbocycles. The van der Waals surface area contributed by atoms with E-state index in [-0.39, 0.29) is 30.8 Å². The molecule has 0 aliphatic rings. The highest BCUT2D eigenvalue weighted by atomic mass is 35.5. The maximum absolute atomic E-state index is 11.6. The van der Waals surface area contributed by atoms with Crippen LogP contribution >= 0.6 is 12.4 Å². The van der Waals surface area contributed by atoms with Crippen molar-refractivity contribution in [3.8, 4) is 0 Å². The van der Waals surface area contributed by atoms with Crippen LogP contribution in [0.5, 0.6) is 0 Å². The Balaban J connectivity index is 0.00000400. The van der Waals surface area contributed by atoms with Crippen molar-refractivity contribution in [2.75, 3.05) is 20.3 Å². The molecule has 6 nitrogen and oxygen atoms in total. The number of halogens is 1. The lowest BCUT2D eigenvalue weighted by molar-refractivity contribution is -0.123. The molecule has 0 aliphatic carbocycles. The van der Waals surface area contributed by atoms with Crippen LogP contribution in [0, 0.1) is 0 Å². The van der Waals surface area contributed by atoms with Crippen molar-refractivity contribution in [1.82, 2.24) is 10.6 Å². The molecule has 1 rings (SSSR count). The summed E-state index contributed by atoms with van der Waals surface area (Å²) >= 11 is 0. The van der Waals surface area contributed by atoms with Gasteiger partial charge < -0.3 is 21.1 Å².